The average molecular weight is 797 g/mol. The minimum absolute atomic E-state index is 0. The molecular formula is C46H64MgN2O8. The molecule has 11 heteroatoms. The zero-order valence-corrected chi connectivity index (χ0v) is 36.1. The van der Waals surface area contributed by atoms with Gasteiger partial charge in [-0.2, -0.15) is 0 Å². The Balaban J connectivity index is 0.000000189. The van der Waals surface area contributed by atoms with Crippen molar-refractivity contribution in [3.05, 3.63) is 22.7 Å². The van der Waals surface area contributed by atoms with Gasteiger partial charge in [-0.1, -0.05) is 52.4 Å². The normalized spacial score (nSPS) is 35.1. The van der Waals surface area contributed by atoms with E-state index in [-0.39, 0.29) is 94.3 Å². The maximum Gasteiger partial charge on any atom is 2.00 e. The van der Waals surface area contributed by atoms with Crippen molar-refractivity contribution in [3.63, 3.8) is 0 Å². The quantitative estimate of drug-likeness (QED) is 0.0698. The molecule has 4 amide bonds. The van der Waals surface area contributed by atoms with Crippen LogP contribution in [0.15, 0.2) is 22.7 Å². The molecule has 0 aromatic carbocycles. The molecule has 0 unspecified atom stereocenters. The number of carbonyl (C=O) groups excluding carboxylic acids is 6. The van der Waals surface area contributed by atoms with Crippen LogP contribution in [0.25, 0.3) is 0 Å². The number of allylic oxidation sites excluding steroid dienone is 2. The maximum absolute atomic E-state index is 13.0. The molecule has 2 aliphatic heterocycles. The number of Topliss-reactive ketones (excluding diaryl/α,β-unsaturated/α-hetero) is 2. The Kier molecular flexibility index (Phi) is 14.2. The molecule has 8 bridgehead atoms. The molecule has 308 valence electrons. The third kappa shape index (κ3) is 9.60. The van der Waals surface area contributed by atoms with E-state index in [2.05, 4.69) is 13.8 Å². The topological polar surface area (TPSA) is 155 Å². The second kappa shape index (κ2) is 18.4. The minimum atomic E-state index is -0.639. The fourth-order valence-electron chi connectivity index (χ4n) is 13.6. The van der Waals surface area contributed by atoms with Crippen molar-refractivity contribution in [3.8, 4) is 0 Å². The number of rotatable bonds is 14. The molecule has 0 spiro atoms. The molecule has 2 saturated heterocycles. The van der Waals surface area contributed by atoms with Crippen molar-refractivity contribution in [2.75, 3.05) is 13.1 Å². The van der Waals surface area contributed by atoms with Crippen LogP contribution in [0.4, 0.5) is 0 Å². The predicted octanol–water partition coefficient (Wildman–Crippen LogP) is 5.85. The van der Waals surface area contributed by atoms with Gasteiger partial charge >= 0.3 is 23.1 Å². The molecule has 10 aliphatic rings. The van der Waals surface area contributed by atoms with E-state index < -0.39 is 23.4 Å². The van der Waals surface area contributed by atoms with E-state index in [1.54, 1.807) is 0 Å². The number of imide groups is 2. The van der Waals surface area contributed by atoms with Crippen LogP contribution in [0.2, 0.25) is 0 Å². The second-order valence-corrected chi connectivity index (χ2v) is 19.8. The number of nitrogens with zero attached hydrogens (tertiary/aromatic N) is 2. The van der Waals surface area contributed by atoms with E-state index in [1.807, 2.05) is 0 Å². The van der Waals surface area contributed by atoms with Crippen LogP contribution in [-0.4, -0.2) is 81.1 Å². The van der Waals surface area contributed by atoms with Crippen LogP contribution in [0.3, 0.4) is 0 Å². The number of ketones is 2. The van der Waals surface area contributed by atoms with Crippen molar-refractivity contribution < 1.29 is 39.0 Å². The van der Waals surface area contributed by atoms with Gasteiger partial charge in [0.1, 0.15) is 0 Å². The van der Waals surface area contributed by atoms with Crippen LogP contribution in [0, 0.1) is 46.3 Å². The molecule has 10 fully saturated rings. The number of carbonyl (C=O) groups is 6. The summed E-state index contributed by atoms with van der Waals surface area (Å²) >= 11 is 0. The van der Waals surface area contributed by atoms with E-state index in [0.29, 0.717) is 12.8 Å². The van der Waals surface area contributed by atoms with Gasteiger partial charge in [0, 0.05) is 12.8 Å². The zero-order chi connectivity index (χ0) is 39.8. The minimum Gasteiger partial charge on any atom is -0.875 e. The molecule has 10 rings (SSSR count). The van der Waals surface area contributed by atoms with Gasteiger partial charge in [-0.15, -0.1) is 11.5 Å². The molecule has 10 nitrogen and oxygen atoms in total. The smallest absolute Gasteiger partial charge is 0.875 e. The van der Waals surface area contributed by atoms with E-state index in [4.69, 9.17) is 0 Å². The number of likely N-dealkylation sites (tertiary alicyclic amines) is 2. The van der Waals surface area contributed by atoms with E-state index in [9.17, 15) is 39.0 Å². The summed E-state index contributed by atoms with van der Waals surface area (Å²) in [5, 5.41) is 26.0. The second-order valence-electron chi connectivity index (χ2n) is 19.8. The van der Waals surface area contributed by atoms with Crippen molar-refractivity contribution in [2.24, 2.45) is 46.3 Å². The standard InChI is InChI=1S/2C23H33NO4.Mg/c2*1-2-3-4-5-6-20(27)24-14-19(26)21(22(24)28)18(25)13-23-10-15-7-16(11-23)9-17(8-15)12-23;/h2*15-17,25H,2-14H2,1H3;/q;;+2/p-2/b2*21-18-;. The summed E-state index contributed by atoms with van der Waals surface area (Å²) in [5.74, 6) is 0.903. The number of hydrogen-bond acceptors (Lipinski definition) is 8. The monoisotopic (exact) mass is 796 g/mol. The summed E-state index contributed by atoms with van der Waals surface area (Å²) in [7, 11) is 0. The van der Waals surface area contributed by atoms with Gasteiger partial charge < -0.3 is 10.2 Å². The van der Waals surface area contributed by atoms with Gasteiger partial charge in [-0.25, -0.2) is 0 Å². The van der Waals surface area contributed by atoms with Crippen LogP contribution in [-0.2, 0) is 28.8 Å². The molecule has 8 saturated carbocycles. The molecule has 0 atom stereocenters. The molecule has 0 radical (unpaired) electrons. The first-order valence-electron chi connectivity index (χ1n) is 22.4. The largest absolute Gasteiger partial charge is 2.00 e. The first-order valence-corrected chi connectivity index (χ1v) is 22.4. The molecule has 8 aliphatic carbocycles. The van der Waals surface area contributed by atoms with Gasteiger partial charge in [-0.05, 0) is 149 Å². The van der Waals surface area contributed by atoms with Gasteiger partial charge in [0.25, 0.3) is 11.8 Å². The SMILES string of the molecule is CCCCCCC(=O)N1CC(=O)/C(=C(/[O-])CC23CC4CC(CC(C4)C2)C3)C1=O.CCCCCCC(=O)N1CC(=O)/C(=C(/[O-])CC23CC4CC(CC(C4)C2)C3)C1=O.[Mg+2]. The Morgan fingerprint density at radius 3 is 1.11 bits per heavy atom. The van der Waals surface area contributed by atoms with Gasteiger partial charge in [0.05, 0.1) is 24.2 Å². The molecule has 0 N–H and O–H groups in total. The Labute approximate surface area is 355 Å². The fraction of sp³-hybridized carbons (Fsp3) is 0.783. The summed E-state index contributed by atoms with van der Waals surface area (Å²) in [6, 6.07) is 0. The predicted molar refractivity (Wildman–Crippen MR) is 211 cm³/mol. The third-order valence-corrected chi connectivity index (χ3v) is 15.1. The summed E-state index contributed by atoms with van der Waals surface area (Å²) in [4.78, 5) is 77.0. The number of amides is 4. The molecule has 0 aromatic rings. The van der Waals surface area contributed by atoms with Crippen LogP contribution in [0.1, 0.15) is 168 Å². The molecule has 2 heterocycles. The first-order chi connectivity index (χ1) is 26.8. The van der Waals surface area contributed by atoms with Gasteiger partial charge in [0.15, 0.2) is 11.6 Å². The Bertz CT molecular complexity index is 1470. The van der Waals surface area contributed by atoms with Crippen molar-refractivity contribution in [2.45, 2.75) is 168 Å². The fourth-order valence-corrected chi connectivity index (χ4v) is 13.6. The Hall–Kier alpha value is -2.53. The van der Waals surface area contributed by atoms with E-state index >= 15 is 0 Å². The van der Waals surface area contributed by atoms with Crippen molar-refractivity contribution in [1.82, 2.24) is 9.80 Å². The maximum atomic E-state index is 13.0. The van der Waals surface area contributed by atoms with Crippen molar-refractivity contribution >= 4 is 58.2 Å². The number of unbranched alkanes of at least 4 members (excludes halogenated alkanes) is 6. The average Bonchev–Trinajstić information content (AvgIpc) is 3.60. The van der Waals surface area contributed by atoms with E-state index in [0.717, 1.165) is 135 Å². The Morgan fingerprint density at radius 2 is 0.825 bits per heavy atom. The summed E-state index contributed by atoms with van der Waals surface area (Å²) in [6.07, 6.45) is 23.0. The van der Waals surface area contributed by atoms with Crippen molar-refractivity contribution in [1.29, 1.82) is 0 Å². The van der Waals surface area contributed by atoms with Crippen LogP contribution >= 0.6 is 0 Å². The third-order valence-electron chi connectivity index (χ3n) is 15.1. The molecule has 57 heavy (non-hydrogen) atoms. The summed E-state index contributed by atoms with van der Waals surface area (Å²) < 4.78 is 0. The molecular weight excluding hydrogens is 733 g/mol. The Morgan fingerprint density at radius 1 is 0.526 bits per heavy atom. The zero-order valence-electron chi connectivity index (χ0n) is 34.7. The van der Waals surface area contributed by atoms with E-state index in [1.165, 1.54) is 38.5 Å². The molecule has 0 aromatic heterocycles. The van der Waals surface area contributed by atoms with Crippen LogP contribution < -0.4 is 10.2 Å². The first kappa shape index (κ1) is 44.0. The summed E-state index contributed by atoms with van der Waals surface area (Å²) in [5.41, 5.74) is -0.455. The van der Waals surface area contributed by atoms with Crippen LogP contribution in [0.5, 0.6) is 0 Å². The summed E-state index contributed by atoms with van der Waals surface area (Å²) in [6.45, 7) is 3.71. The number of hydrogen-bond donors (Lipinski definition) is 0. The van der Waals surface area contributed by atoms with Gasteiger partial charge in [-0.3, -0.25) is 38.6 Å². The van der Waals surface area contributed by atoms with Gasteiger partial charge in [0.2, 0.25) is 11.8 Å².